The number of likely N-dealkylation sites (tertiary alicyclic amines) is 2. The SMILES string of the molecule is Cc1ccccc1[C@@H]1C[C@@H]1C(=O)N1CCC[C@@H](C(=O)N2CCCC2)C1. The molecule has 134 valence electrons. The zero-order valence-corrected chi connectivity index (χ0v) is 15.1. The molecule has 4 rings (SSSR count). The van der Waals surface area contributed by atoms with Crippen LogP contribution >= 0.6 is 0 Å². The molecule has 0 N–H and O–H groups in total. The number of carbonyl (C=O) groups is 2. The van der Waals surface area contributed by atoms with E-state index >= 15 is 0 Å². The van der Waals surface area contributed by atoms with Gasteiger partial charge in [0.2, 0.25) is 11.8 Å². The monoisotopic (exact) mass is 340 g/mol. The van der Waals surface area contributed by atoms with Gasteiger partial charge in [-0.15, -0.1) is 0 Å². The fourth-order valence-electron chi connectivity index (χ4n) is 4.62. The van der Waals surface area contributed by atoms with Gasteiger partial charge < -0.3 is 9.80 Å². The van der Waals surface area contributed by atoms with E-state index in [2.05, 4.69) is 31.2 Å². The zero-order valence-electron chi connectivity index (χ0n) is 15.1. The van der Waals surface area contributed by atoms with E-state index in [1.165, 1.54) is 11.1 Å². The maximum Gasteiger partial charge on any atom is 0.227 e. The minimum atomic E-state index is 0.0199. The molecule has 1 saturated carbocycles. The van der Waals surface area contributed by atoms with Gasteiger partial charge in [0.1, 0.15) is 0 Å². The molecule has 0 aromatic heterocycles. The zero-order chi connectivity index (χ0) is 17.4. The molecule has 1 aromatic rings. The first-order valence-electron chi connectivity index (χ1n) is 9.78. The molecule has 25 heavy (non-hydrogen) atoms. The average molecular weight is 340 g/mol. The van der Waals surface area contributed by atoms with Crippen molar-refractivity contribution in [1.82, 2.24) is 9.80 Å². The van der Waals surface area contributed by atoms with Crippen LogP contribution in [-0.4, -0.2) is 47.8 Å². The summed E-state index contributed by atoms with van der Waals surface area (Å²) in [6, 6.07) is 8.40. The molecule has 1 aromatic carbocycles. The first kappa shape index (κ1) is 16.6. The number of aryl methyl sites for hydroxylation is 1. The number of nitrogens with zero attached hydrogens (tertiary/aromatic N) is 2. The van der Waals surface area contributed by atoms with Crippen LogP contribution < -0.4 is 0 Å². The summed E-state index contributed by atoms with van der Waals surface area (Å²) in [5.41, 5.74) is 2.60. The summed E-state index contributed by atoms with van der Waals surface area (Å²) in [4.78, 5) is 29.6. The van der Waals surface area contributed by atoms with E-state index in [4.69, 9.17) is 0 Å². The van der Waals surface area contributed by atoms with Crippen molar-refractivity contribution in [2.45, 2.75) is 44.9 Å². The summed E-state index contributed by atoms with van der Waals surface area (Å²) < 4.78 is 0. The van der Waals surface area contributed by atoms with Gasteiger partial charge >= 0.3 is 0 Å². The number of hydrogen-bond donors (Lipinski definition) is 0. The van der Waals surface area contributed by atoms with Crippen LogP contribution in [0.1, 0.15) is 49.1 Å². The van der Waals surface area contributed by atoms with Gasteiger partial charge in [-0.1, -0.05) is 24.3 Å². The van der Waals surface area contributed by atoms with Crippen molar-refractivity contribution in [3.8, 4) is 0 Å². The Morgan fingerprint density at radius 1 is 0.960 bits per heavy atom. The summed E-state index contributed by atoms with van der Waals surface area (Å²) in [7, 11) is 0. The Bertz CT molecular complexity index is 666. The lowest BCUT2D eigenvalue weighted by atomic mass is 9.95. The molecule has 1 aliphatic carbocycles. The van der Waals surface area contributed by atoms with Gasteiger partial charge in [0, 0.05) is 32.1 Å². The van der Waals surface area contributed by atoms with Gasteiger partial charge in [-0.2, -0.15) is 0 Å². The van der Waals surface area contributed by atoms with Crippen molar-refractivity contribution in [1.29, 1.82) is 0 Å². The lowest BCUT2D eigenvalue weighted by molar-refractivity contribution is -0.140. The Labute approximate surface area is 150 Å². The van der Waals surface area contributed by atoms with Crippen LogP contribution in [0.2, 0.25) is 0 Å². The molecule has 0 radical (unpaired) electrons. The summed E-state index contributed by atoms with van der Waals surface area (Å²) >= 11 is 0. The molecule has 2 aliphatic heterocycles. The molecule has 0 bridgehead atoms. The highest BCUT2D eigenvalue weighted by Gasteiger charge is 2.47. The highest BCUT2D eigenvalue weighted by molar-refractivity contribution is 5.85. The van der Waals surface area contributed by atoms with E-state index in [0.29, 0.717) is 12.5 Å². The number of benzene rings is 1. The number of rotatable bonds is 3. The van der Waals surface area contributed by atoms with Crippen LogP contribution in [0.4, 0.5) is 0 Å². The standard InChI is InChI=1S/C21H28N2O2/c1-15-7-2-3-9-17(15)18-13-19(18)21(25)23-12-6-8-16(14-23)20(24)22-10-4-5-11-22/h2-3,7,9,16,18-19H,4-6,8,10-14H2,1H3/t16-,18+,19+/m1/s1. The Kier molecular flexibility index (Phi) is 4.53. The second-order valence-corrected chi connectivity index (χ2v) is 7.96. The van der Waals surface area contributed by atoms with Crippen LogP contribution in [0.15, 0.2) is 24.3 Å². The van der Waals surface area contributed by atoms with Crippen molar-refractivity contribution in [2.24, 2.45) is 11.8 Å². The molecule has 4 nitrogen and oxygen atoms in total. The summed E-state index contributed by atoms with van der Waals surface area (Å²) in [6.07, 6.45) is 5.11. The highest BCUT2D eigenvalue weighted by atomic mass is 16.2. The predicted molar refractivity (Wildman–Crippen MR) is 97.1 cm³/mol. The number of hydrogen-bond acceptors (Lipinski definition) is 2. The quantitative estimate of drug-likeness (QED) is 0.849. The van der Waals surface area contributed by atoms with E-state index in [0.717, 1.165) is 51.7 Å². The van der Waals surface area contributed by atoms with Crippen LogP contribution in [0.25, 0.3) is 0 Å². The van der Waals surface area contributed by atoms with E-state index in [1.54, 1.807) is 0 Å². The molecule has 3 aliphatic rings. The first-order chi connectivity index (χ1) is 12.1. The van der Waals surface area contributed by atoms with Gasteiger partial charge in [0.15, 0.2) is 0 Å². The second-order valence-electron chi connectivity index (χ2n) is 7.96. The second kappa shape index (κ2) is 6.81. The molecule has 3 fully saturated rings. The van der Waals surface area contributed by atoms with Crippen molar-refractivity contribution in [2.75, 3.05) is 26.2 Å². The van der Waals surface area contributed by atoms with Crippen LogP contribution in [0.3, 0.4) is 0 Å². The van der Waals surface area contributed by atoms with Crippen molar-refractivity contribution in [3.63, 3.8) is 0 Å². The van der Waals surface area contributed by atoms with Crippen LogP contribution in [0, 0.1) is 18.8 Å². The maximum absolute atomic E-state index is 12.9. The average Bonchev–Trinajstić information content (AvgIpc) is 3.24. The minimum absolute atomic E-state index is 0.0199. The van der Waals surface area contributed by atoms with Gasteiger partial charge in [-0.3, -0.25) is 9.59 Å². The topological polar surface area (TPSA) is 40.6 Å². The van der Waals surface area contributed by atoms with Crippen LogP contribution in [0.5, 0.6) is 0 Å². The Morgan fingerprint density at radius 2 is 1.68 bits per heavy atom. The number of piperidine rings is 1. The molecule has 4 heteroatoms. The largest absolute Gasteiger partial charge is 0.342 e. The van der Waals surface area contributed by atoms with Gasteiger partial charge in [-0.05, 0) is 56.1 Å². The third kappa shape index (κ3) is 3.31. The summed E-state index contributed by atoms with van der Waals surface area (Å²) in [6.45, 7) is 5.38. The molecular formula is C21H28N2O2. The molecule has 0 spiro atoms. The Balaban J connectivity index is 1.38. The van der Waals surface area contributed by atoms with Crippen molar-refractivity contribution >= 4 is 11.8 Å². The van der Waals surface area contributed by atoms with E-state index in [9.17, 15) is 9.59 Å². The van der Waals surface area contributed by atoms with E-state index < -0.39 is 0 Å². The number of carbonyl (C=O) groups excluding carboxylic acids is 2. The summed E-state index contributed by atoms with van der Waals surface area (Å²) in [5, 5.41) is 0. The van der Waals surface area contributed by atoms with Gasteiger partial charge in [0.25, 0.3) is 0 Å². The lowest BCUT2D eigenvalue weighted by Crippen LogP contribution is -2.46. The minimum Gasteiger partial charge on any atom is -0.342 e. The van der Waals surface area contributed by atoms with Crippen molar-refractivity contribution in [3.05, 3.63) is 35.4 Å². The fourth-order valence-corrected chi connectivity index (χ4v) is 4.62. The predicted octanol–water partition coefficient (Wildman–Crippen LogP) is 2.96. The first-order valence-corrected chi connectivity index (χ1v) is 9.78. The molecular weight excluding hydrogens is 312 g/mol. The van der Waals surface area contributed by atoms with Gasteiger partial charge in [0.05, 0.1) is 5.92 Å². The summed E-state index contributed by atoms with van der Waals surface area (Å²) in [5.74, 6) is 1.07. The molecule has 2 saturated heterocycles. The van der Waals surface area contributed by atoms with E-state index in [1.807, 2.05) is 9.80 Å². The van der Waals surface area contributed by atoms with Gasteiger partial charge in [-0.25, -0.2) is 0 Å². The smallest absolute Gasteiger partial charge is 0.227 e. The highest BCUT2D eigenvalue weighted by Crippen LogP contribution is 2.49. The Morgan fingerprint density at radius 3 is 2.44 bits per heavy atom. The normalized spacial score (nSPS) is 28.9. The Hall–Kier alpha value is -1.84. The van der Waals surface area contributed by atoms with E-state index in [-0.39, 0.29) is 23.7 Å². The molecule has 3 atom stereocenters. The number of amides is 2. The maximum atomic E-state index is 12.9. The molecule has 2 amide bonds. The van der Waals surface area contributed by atoms with Crippen molar-refractivity contribution < 1.29 is 9.59 Å². The fraction of sp³-hybridized carbons (Fsp3) is 0.619. The lowest BCUT2D eigenvalue weighted by Gasteiger charge is -2.34. The third-order valence-corrected chi connectivity index (χ3v) is 6.20. The van der Waals surface area contributed by atoms with Crippen LogP contribution in [-0.2, 0) is 9.59 Å². The molecule has 0 unspecified atom stereocenters. The third-order valence-electron chi connectivity index (χ3n) is 6.20. The molecule has 2 heterocycles.